The fourth-order valence-corrected chi connectivity index (χ4v) is 7.76. The lowest BCUT2D eigenvalue weighted by atomic mass is 9.94. The Kier molecular flexibility index (Phi) is 12.1. The molecular formula is C40H43Cl3FN5O4. The number of carbonyl (C=O) groups excluding carboxylic acids is 2. The molecular weight excluding hydrogens is 740 g/mol. The van der Waals surface area contributed by atoms with Crippen LogP contribution in [0.25, 0.3) is 33.6 Å². The maximum Gasteiger partial charge on any atom is 0.410 e. The maximum absolute atomic E-state index is 13.3. The van der Waals surface area contributed by atoms with Gasteiger partial charge in [-0.1, -0.05) is 53.0 Å². The van der Waals surface area contributed by atoms with Gasteiger partial charge in [-0.25, -0.2) is 9.78 Å². The third-order valence-corrected chi connectivity index (χ3v) is 10.5. The fourth-order valence-electron chi connectivity index (χ4n) is 6.81. The van der Waals surface area contributed by atoms with Crippen LogP contribution in [0.15, 0.2) is 54.7 Å². The smallest absolute Gasteiger partial charge is 0.410 e. The van der Waals surface area contributed by atoms with E-state index < -0.39 is 11.7 Å². The summed E-state index contributed by atoms with van der Waals surface area (Å²) in [5, 5.41) is 4.44. The molecule has 13 heteroatoms. The van der Waals surface area contributed by atoms with E-state index in [1.807, 2.05) is 63.2 Å². The lowest BCUT2D eigenvalue weighted by Gasteiger charge is -2.29. The van der Waals surface area contributed by atoms with E-state index in [1.54, 1.807) is 11.1 Å². The number of nitrogens with one attached hydrogen (secondary N) is 1. The zero-order chi connectivity index (χ0) is 37.9. The number of fused-ring (bicyclic) bond motifs is 1. The summed E-state index contributed by atoms with van der Waals surface area (Å²) in [6.07, 6.45) is 3.57. The van der Waals surface area contributed by atoms with E-state index >= 15 is 0 Å². The summed E-state index contributed by atoms with van der Waals surface area (Å²) in [6.45, 7) is 7.75. The lowest BCUT2D eigenvalue weighted by Crippen LogP contribution is -2.43. The van der Waals surface area contributed by atoms with Gasteiger partial charge < -0.3 is 19.7 Å². The third-order valence-electron chi connectivity index (χ3n) is 9.37. The molecule has 9 nitrogen and oxygen atoms in total. The van der Waals surface area contributed by atoms with Crippen molar-refractivity contribution in [2.24, 2.45) is 0 Å². The van der Waals surface area contributed by atoms with E-state index in [9.17, 15) is 14.0 Å². The average molecular weight is 783 g/mol. The molecule has 1 N–H and O–H groups in total. The first-order valence-corrected chi connectivity index (χ1v) is 18.8. The van der Waals surface area contributed by atoms with Crippen molar-refractivity contribution >= 4 is 46.8 Å². The second-order valence-corrected chi connectivity index (χ2v) is 15.5. The summed E-state index contributed by atoms with van der Waals surface area (Å²) in [5.74, 6) is 0.292. The summed E-state index contributed by atoms with van der Waals surface area (Å²) >= 11 is 21.1. The predicted molar refractivity (Wildman–Crippen MR) is 207 cm³/mol. The number of methoxy groups -OCH3 is 1. The van der Waals surface area contributed by atoms with Crippen LogP contribution in [-0.4, -0.2) is 76.8 Å². The first-order chi connectivity index (χ1) is 25.3. The minimum Gasteiger partial charge on any atom is -0.481 e. The van der Waals surface area contributed by atoms with E-state index in [1.165, 1.54) is 7.11 Å². The number of hydrogen-bond donors (Lipinski definition) is 1. The van der Waals surface area contributed by atoms with Gasteiger partial charge in [0.05, 0.1) is 41.8 Å². The van der Waals surface area contributed by atoms with Gasteiger partial charge in [-0.3, -0.25) is 19.1 Å². The number of rotatable bonds is 11. The monoisotopic (exact) mass is 781 g/mol. The van der Waals surface area contributed by atoms with E-state index in [4.69, 9.17) is 49.3 Å². The molecule has 0 saturated carbocycles. The van der Waals surface area contributed by atoms with Crippen LogP contribution in [0.1, 0.15) is 56.7 Å². The Bertz CT molecular complexity index is 2010. The number of pyridine rings is 2. The van der Waals surface area contributed by atoms with Crippen LogP contribution in [-0.2, 0) is 29.0 Å². The number of amides is 2. The summed E-state index contributed by atoms with van der Waals surface area (Å²) in [4.78, 5) is 38.4. The van der Waals surface area contributed by atoms with Gasteiger partial charge in [-0.2, -0.15) is 0 Å². The number of alkyl halides is 1. The largest absolute Gasteiger partial charge is 0.481 e. The molecule has 4 aromatic rings. The molecule has 2 amide bonds. The molecule has 53 heavy (non-hydrogen) atoms. The summed E-state index contributed by atoms with van der Waals surface area (Å²) in [6, 6.07) is 15.0. The van der Waals surface area contributed by atoms with E-state index in [-0.39, 0.29) is 31.7 Å². The third kappa shape index (κ3) is 9.06. The van der Waals surface area contributed by atoms with Crippen LogP contribution < -0.4 is 10.1 Å². The van der Waals surface area contributed by atoms with Gasteiger partial charge in [-0.05, 0) is 81.5 Å². The number of hydrogen-bond acceptors (Lipinski definition) is 7. The van der Waals surface area contributed by atoms with Crippen molar-refractivity contribution in [3.63, 3.8) is 0 Å². The van der Waals surface area contributed by atoms with Crippen molar-refractivity contribution in [3.8, 4) is 39.5 Å². The Labute approximate surface area is 324 Å². The van der Waals surface area contributed by atoms with E-state index in [0.717, 1.165) is 29.7 Å². The van der Waals surface area contributed by atoms with E-state index in [2.05, 4.69) is 21.3 Å². The van der Waals surface area contributed by atoms with Gasteiger partial charge in [0.25, 0.3) is 0 Å². The van der Waals surface area contributed by atoms with Crippen molar-refractivity contribution in [3.05, 3.63) is 86.5 Å². The SMILES string of the molecule is COc1nc(-c2cccc(-c3ccnc(-c4cc(Cl)c5c(c4)CCN(CCCF)C5)c3Cl)c2Cl)ccc1CN(C[C@@H]1CCC(=O)N1)C(=O)OC(C)(C)C. The van der Waals surface area contributed by atoms with Crippen molar-refractivity contribution in [2.45, 2.75) is 71.2 Å². The standard InChI is InChI=1S/C40H43Cl3FN5O4/c1-40(2,3)53-39(51)49(22-27-10-12-34(50)46-27)21-25-9-11-33(47-38(25)52-4)30-8-5-7-28(35(30)42)29-13-16-45-37(36(29)43)26-19-24-14-18-48(17-6-15-44)23-31(24)32(41)20-26/h5,7-9,11,13,16,19-20,27H,6,10,12,14-15,17-18,21-23H2,1-4H3,(H,46,50)/t27-/m0/s1. The zero-order valence-electron chi connectivity index (χ0n) is 30.3. The molecule has 2 aromatic heterocycles. The topological polar surface area (TPSA) is 96.9 Å². The van der Waals surface area contributed by atoms with Crippen LogP contribution in [0.3, 0.4) is 0 Å². The Balaban J connectivity index is 1.28. The van der Waals surface area contributed by atoms with Gasteiger partial charge in [-0.15, -0.1) is 0 Å². The highest BCUT2D eigenvalue weighted by Gasteiger charge is 2.30. The zero-order valence-corrected chi connectivity index (χ0v) is 32.5. The summed E-state index contributed by atoms with van der Waals surface area (Å²) in [5.41, 5.74) is 6.18. The van der Waals surface area contributed by atoms with Crippen LogP contribution in [0, 0.1) is 0 Å². The molecule has 0 aliphatic carbocycles. The number of nitrogens with zero attached hydrogens (tertiary/aromatic N) is 4. The Morgan fingerprint density at radius 2 is 1.83 bits per heavy atom. The van der Waals surface area contributed by atoms with Gasteiger partial charge in [0.2, 0.25) is 11.8 Å². The summed E-state index contributed by atoms with van der Waals surface area (Å²) in [7, 11) is 1.52. The first kappa shape index (κ1) is 38.8. The summed E-state index contributed by atoms with van der Waals surface area (Å²) < 4.78 is 24.2. The van der Waals surface area contributed by atoms with Crippen molar-refractivity contribution in [2.75, 3.05) is 33.4 Å². The molecule has 1 fully saturated rings. The van der Waals surface area contributed by atoms with Crippen molar-refractivity contribution in [1.29, 1.82) is 0 Å². The highest BCUT2D eigenvalue weighted by molar-refractivity contribution is 6.39. The fraction of sp³-hybridized carbons (Fsp3) is 0.400. The quantitative estimate of drug-likeness (QED) is 0.162. The minimum atomic E-state index is -0.700. The number of aromatic nitrogens is 2. The van der Waals surface area contributed by atoms with Gasteiger partial charge in [0.15, 0.2) is 0 Å². The molecule has 4 heterocycles. The van der Waals surface area contributed by atoms with Crippen LogP contribution in [0.2, 0.25) is 15.1 Å². The van der Waals surface area contributed by atoms with Crippen LogP contribution in [0.5, 0.6) is 5.88 Å². The van der Waals surface area contributed by atoms with Gasteiger partial charge in [0, 0.05) is 77.7 Å². The van der Waals surface area contributed by atoms with Crippen molar-refractivity contribution in [1.82, 2.24) is 25.1 Å². The van der Waals surface area contributed by atoms with Crippen LogP contribution >= 0.6 is 34.8 Å². The highest BCUT2D eigenvalue weighted by atomic mass is 35.5. The normalized spacial score (nSPS) is 15.9. The second-order valence-electron chi connectivity index (χ2n) is 14.4. The minimum absolute atomic E-state index is 0.0335. The molecule has 2 aliphatic heterocycles. The molecule has 1 saturated heterocycles. The number of halogens is 4. The average Bonchev–Trinajstić information content (AvgIpc) is 3.54. The number of ether oxygens (including phenoxy) is 2. The maximum atomic E-state index is 13.3. The van der Waals surface area contributed by atoms with Gasteiger partial charge in [0.1, 0.15) is 5.60 Å². The molecule has 0 bridgehead atoms. The lowest BCUT2D eigenvalue weighted by molar-refractivity contribution is -0.119. The molecule has 0 radical (unpaired) electrons. The molecule has 2 aliphatic rings. The molecule has 0 spiro atoms. The molecule has 1 atom stereocenters. The Morgan fingerprint density at radius 1 is 1.06 bits per heavy atom. The number of carbonyl (C=O) groups is 2. The van der Waals surface area contributed by atoms with Crippen molar-refractivity contribution < 1.29 is 23.5 Å². The molecule has 6 rings (SSSR count). The second kappa shape index (κ2) is 16.6. The Hall–Kier alpha value is -3.96. The molecule has 280 valence electrons. The number of benzene rings is 2. The first-order valence-electron chi connectivity index (χ1n) is 17.7. The predicted octanol–water partition coefficient (Wildman–Crippen LogP) is 9.18. The highest BCUT2D eigenvalue weighted by Crippen LogP contribution is 2.43. The van der Waals surface area contributed by atoms with Crippen LogP contribution in [0.4, 0.5) is 9.18 Å². The van der Waals surface area contributed by atoms with Gasteiger partial charge >= 0.3 is 6.09 Å². The molecule has 2 aromatic carbocycles. The Morgan fingerprint density at radius 3 is 2.55 bits per heavy atom. The molecule has 0 unspecified atom stereocenters. The van der Waals surface area contributed by atoms with E-state index in [0.29, 0.717) is 86.9 Å².